The van der Waals surface area contributed by atoms with E-state index in [4.69, 9.17) is 13.3 Å². The van der Waals surface area contributed by atoms with Gasteiger partial charge in [0, 0.05) is 54.8 Å². The van der Waals surface area contributed by atoms with Crippen molar-refractivity contribution in [2.75, 3.05) is 4.90 Å². The van der Waals surface area contributed by atoms with E-state index in [1.165, 1.54) is 16.3 Å². The highest BCUT2D eigenvalue weighted by Crippen LogP contribution is 2.49. The molecule has 3 aromatic heterocycles. The van der Waals surface area contributed by atoms with Crippen LogP contribution in [0.3, 0.4) is 0 Å². The van der Waals surface area contributed by atoms with E-state index in [2.05, 4.69) is 193 Å². The van der Waals surface area contributed by atoms with Crippen LogP contribution in [0, 0.1) is 0 Å². The zero-order valence-corrected chi connectivity index (χ0v) is 33.4. The molecule has 0 radical (unpaired) electrons. The van der Waals surface area contributed by atoms with Crippen molar-refractivity contribution >= 4 is 93.7 Å². The molecule has 62 heavy (non-hydrogen) atoms. The lowest BCUT2D eigenvalue weighted by atomic mass is 9.95. The molecule has 0 saturated heterocycles. The van der Waals surface area contributed by atoms with Crippen molar-refractivity contribution in [2.45, 2.75) is 0 Å². The van der Waals surface area contributed by atoms with E-state index >= 15 is 0 Å². The van der Waals surface area contributed by atoms with Crippen molar-refractivity contribution in [1.29, 1.82) is 0 Å². The molecule has 13 aromatic rings. The molecule has 0 fully saturated rings. The quantitative estimate of drug-likeness (QED) is 0.168. The van der Waals surface area contributed by atoms with Crippen LogP contribution in [0.25, 0.3) is 110 Å². The fourth-order valence-corrected chi connectivity index (χ4v) is 9.54. The van der Waals surface area contributed by atoms with Crippen LogP contribution in [0.15, 0.2) is 226 Å². The third-order valence-electron chi connectivity index (χ3n) is 12.5. The molecule has 0 amide bonds. The maximum absolute atomic E-state index is 7.30. The van der Waals surface area contributed by atoms with Gasteiger partial charge in [-0.3, -0.25) is 0 Å². The summed E-state index contributed by atoms with van der Waals surface area (Å²) in [6, 6.07) is 74.8. The van der Waals surface area contributed by atoms with Gasteiger partial charge in [-0.25, -0.2) is 0 Å². The summed E-state index contributed by atoms with van der Waals surface area (Å²) >= 11 is 0. The Kier molecular flexibility index (Phi) is 7.57. The predicted octanol–water partition coefficient (Wildman–Crippen LogP) is 17.0. The van der Waals surface area contributed by atoms with Gasteiger partial charge in [0.15, 0.2) is 5.58 Å². The highest BCUT2D eigenvalue weighted by molar-refractivity contribution is 6.25. The van der Waals surface area contributed by atoms with Gasteiger partial charge in [0.2, 0.25) is 0 Å². The topological polar surface area (TPSA) is 42.7 Å². The fourth-order valence-electron chi connectivity index (χ4n) is 9.54. The normalized spacial score (nSPS) is 11.9. The van der Waals surface area contributed by atoms with Crippen molar-refractivity contribution < 1.29 is 13.3 Å². The minimum atomic E-state index is 0.796. The molecule has 0 atom stereocenters. The first-order valence-electron chi connectivity index (χ1n) is 21.0. The van der Waals surface area contributed by atoms with E-state index in [1.54, 1.807) is 0 Å². The SMILES string of the molecule is c1ccc(-c2ccc(N(c3ccc(-c4cccc5c4oc4ccccc45)cc3)c3cccc4c3oc3c(-c5ccc6ccccc6c5)c5c(cc34)oc3ccccc35)cc2)cc1. The van der Waals surface area contributed by atoms with Gasteiger partial charge in [0.05, 0.1) is 5.69 Å². The summed E-state index contributed by atoms with van der Waals surface area (Å²) in [5, 5.41) is 8.73. The van der Waals surface area contributed by atoms with Gasteiger partial charge in [-0.15, -0.1) is 0 Å². The average molecular weight is 794 g/mol. The first-order chi connectivity index (χ1) is 30.7. The van der Waals surface area contributed by atoms with Crippen LogP contribution in [0.4, 0.5) is 17.1 Å². The zero-order valence-electron chi connectivity index (χ0n) is 33.4. The number of anilines is 3. The molecule has 0 saturated carbocycles. The van der Waals surface area contributed by atoms with Crippen molar-refractivity contribution in [2.24, 2.45) is 0 Å². The highest BCUT2D eigenvalue weighted by atomic mass is 16.3. The highest BCUT2D eigenvalue weighted by Gasteiger charge is 2.25. The second kappa shape index (κ2) is 13.6. The number of benzene rings is 10. The summed E-state index contributed by atoms with van der Waals surface area (Å²) in [5.41, 5.74) is 14.6. The molecule has 0 unspecified atom stereocenters. The molecular weight excluding hydrogens is 759 g/mol. The summed E-state index contributed by atoms with van der Waals surface area (Å²) in [5.74, 6) is 0. The number of hydrogen-bond donors (Lipinski definition) is 0. The van der Waals surface area contributed by atoms with Gasteiger partial charge in [-0.2, -0.15) is 0 Å². The number of fused-ring (bicyclic) bond motifs is 10. The van der Waals surface area contributed by atoms with Crippen LogP contribution >= 0.6 is 0 Å². The fraction of sp³-hybridized carbons (Fsp3) is 0. The Balaban J connectivity index is 1.03. The third kappa shape index (κ3) is 5.33. The summed E-state index contributed by atoms with van der Waals surface area (Å²) in [6.45, 7) is 0. The largest absolute Gasteiger partial charge is 0.456 e. The minimum Gasteiger partial charge on any atom is -0.456 e. The molecule has 0 spiro atoms. The molecule has 0 bridgehead atoms. The van der Waals surface area contributed by atoms with E-state index < -0.39 is 0 Å². The lowest BCUT2D eigenvalue weighted by Crippen LogP contribution is -2.10. The molecular formula is C58H35NO3. The predicted molar refractivity (Wildman–Crippen MR) is 257 cm³/mol. The van der Waals surface area contributed by atoms with Crippen molar-refractivity contribution in [3.63, 3.8) is 0 Å². The van der Waals surface area contributed by atoms with Gasteiger partial charge >= 0.3 is 0 Å². The van der Waals surface area contributed by atoms with Crippen LogP contribution in [0.5, 0.6) is 0 Å². The van der Waals surface area contributed by atoms with Gasteiger partial charge in [0.1, 0.15) is 27.9 Å². The number of nitrogens with zero attached hydrogens (tertiary/aromatic N) is 1. The maximum atomic E-state index is 7.30. The van der Waals surface area contributed by atoms with E-state index in [1.807, 2.05) is 24.3 Å². The first kappa shape index (κ1) is 34.5. The van der Waals surface area contributed by atoms with Crippen LogP contribution < -0.4 is 4.90 Å². The molecule has 0 aliphatic carbocycles. The molecule has 0 aliphatic heterocycles. The molecule has 4 heteroatoms. The van der Waals surface area contributed by atoms with Crippen LogP contribution in [-0.4, -0.2) is 0 Å². The molecule has 4 nitrogen and oxygen atoms in total. The Hall–Kier alpha value is -8.34. The van der Waals surface area contributed by atoms with Crippen molar-refractivity contribution in [3.8, 4) is 33.4 Å². The van der Waals surface area contributed by atoms with Crippen molar-refractivity contribution in [1.82, 2.24) is 0 Å². The van der Waals surface area contributed by atoms with E-state index in [-0.39, 0.29) is 0 Å². The van der Waals surface area contributed by atoms with Gasteiger partial charge in [-0.05, 0) is 87.6 Å². The first-order valence-corrected chi connectivity index (χ1v) is 21.0. The third-order valence-corrected chi connectivity index (χ3v) is 12.5. The van der Waals surface area contributed by atoms with E-state index in [0.29, 0.717) is 0 Å². The Bertz CT molecular complexity index is 3850. The summed E-state index contributed by atoms with van der Waals surface area (Å²) in [6.07, 6.45) is 0. The maximum Gasteiger partial charge on any atom is 0.159 e. The lowest BCUT2D eigenvalue weighted by Gasteiger charge is -2.26. The number of para-hydroxylation sites is 4. The summed E-state index contributed by atoms with van der Waals surface area (Å²) in [7, 11) is 0. The van der Waals surface area contributed by atoms with Gasteiger partial charge in [0.25, 0.3) is 0 Å². The summed E-state index contributed by atoms with van der Waals surface area (Å²) in [4.78, 5) is 2.31. The van der Waals surface area contributed by atoms with Crippen LogP contribution in [-0.2, 0) is 0 Å². The minimum absolute atomic E-state index is 0.796. The Morgan fingerprint density at radius 2 is 0.903 bits per heavy atom. The molecule has 3 heterocycles. The summed E-state index contributed by atoms with van der Waals surface area (Å²) < 4.78 is 20.4. The average Bonchev–Trinajstić information content (AvgIpc) is 4.03. The number of hydrogen-bond acceptors (Lipinski definition) is 4. The van der Waals surface area contributed by atoms with Crippen LogP contribution in [0.2, 0.25) is 0 Å². The molecule has 0 N–H and O–H groups in total. The Labute approximate surface area is 356 Å². The van der Waals surface area contributed by atoms with Gasteiger partial charge in [-0.1, -0.05) is 158 Å². The smallest absolute Gasteiger partial charge is 0.159 e. The second-order valence-corrected chi connectivity index (χ2v) is 16.0. The van der Waals surface area contributed by atoms with Crippen LogP contribution in [0.1, 0.15) is 0 Å². The number of furan rings is 3. The monoisotopic (exact) mass is 793 g/mol. The van der Waals surface area contributed by atoms with E-state index in [0.717, 1.165) is 111 Å². The lowest BCUT2D eigenvalue weighted by molar-refractivity contribution is 0.665. The second-order valence-electron chi connectivity index (χ2n) is 16.0. The van der Waals surface area contributed by atoms with Gasteiger partial charge < -0.3 is 18.2 Å². The Morgan fingerprint density at radius 1 is 0.306 bits per heavy atom. The number of rotatable bonds is 6. The Morgan fingerprint density at radius 3 is 1.69 bits per heavy atom. The van der Waals surface area contributed by atoms with Crippen molar-refractivity contribution in [3.05, 3.63) is 212 Å². The van der Waals surface area contributed by atoms with E-state index in [9.17, 15) is 0 Å². The molecule has 0 aliphatic rings. The molecule has 10 aromatic carbocycles. The standard InChI is InChI=1S/C58H35NO3/c1-2-12-36(13-3-1)38-26-30-42(31-27-38)59(43-32-28-39(29-33-43)44-18-10-19-46-45-16-6-8-22-51(45)61-56(44)46)50-21-11-20-47-49-35-53-55(48-17-7-9-23-52(48)60-53)54(58(49)62-57(47)50)41-25-24-37-14-4-5-15-40(37)34-41/h1-35H. The molecule has 290 valence electrons. The molecule has 13 rings (SSSR count). The zero-order chi connectivity index (χ0) is 40.7.